The van der Waals surface area contributed by atoms with Crippen LogP contribution in [0.3, 0.4) is 0 Å². The monoisotopic (exact) mass is 318 g/mol. The Morgan fingerprint density at radius 3 is 2.68 bits per heavy atom. The largest absolute Gasteiger partial charge is 0.497 e. The molecule has 0 heterocycles. The molecule has 1 amide bonds. The van der Waals surface area contributed by atoms with Crippen LogP contribution < -0.4 is 14.9 Å². The van der Waals surface area contributed by atoms with Crippen molar-refractivity contribution in [1.82, 2.24) is 5.43 Å². The molecule has 0 aliphatic rings. The lowest BCUT2D eigenvalue weighted by Gasteiger charge is -2.06. The van der Waals surface area contributed by atoms with Crippen LogP contribution in [-0.4, -0.2) is 25.8 Å². The van der Waals surface area contributed by atoms with Gasteiger partial charge in [0.1, 0.15) is 11.5 Å². The fraction of sp³-hybridized carbons (Fsp3) is 0.125. The highest BCUT2D eigenvalue weighted by molar-refractivity contribution is 6.30. The number of rotatable bonds is 6. The minimum absolute atomic E-state index is 0.134. The molecule has 22 heavy (non-hydrogen) atoms. The summed E-state index contributed by atoms with van der Waals surface area (Å²) in [6.07, 6.45) is 1.53. The Bertz CT molecular complexity index is 657. The highest BCUT2D eigenvalue weighted by Crippen LogP contribution is 2.18. The molecule has 2 aromatic carbocycles. The summed E-state index contributed by atoms with van der Waals surface area (Å²) in [5.41, 5.74) is 3.22. The van der Waals surface area contributed by atoms with Gasteiger partial charge in [-0.2, -0.15) is 5.10 Å². The third kappa shape index (κ3) is 5.10. The molecule has 0 saturated carbocycles. The predicted molar refractivity (Wildman–Crippen MR) is 85.7 cm³/mol. The molecule has 0 unspecified atom stereocenters. The van der Waals surface area contributed by atoms with Gasteiger partial charge in [-0.15, -0.1) is 0 Å². The first kappa shape index (κ1) is 15.9. The van der Waals surface area contributed by atoms with E-state index in [2.05, 4.69) is 10.5 Å². The average Bonchev–Trinajstić information content (AvgIpc) is 2.55. The highest BCUT2D eigenvalue weighted by atomic mass is 35.5. The zero-order valence-electron chi connectivity index (χ0n) is 12.0. The number of carbonyl (C=O) groups excluding carboxylic acids is 1. The van der Waals surface area contributed by atoms with Gasteiger partial charge in [0.05, 0.1) is 13.3 Å². The zero-order valence-corrected chi connectivity index (χ0v) is 12.7. The second-order valence-electron chi connectivity index (χ2n) is 4.31. The van der Waals surface area contributed by atoms with E-state index < -0.39 is 0 Å². The summed E-state index contributed by atoms with van der Waals surface area (Å²) in [7, 11) is 1.57. The van der Waals surface area contributed by atoms with Crippen molar-refractivity contribution in [2.45, 2.75) is 0 Å². The van der Waals surface area contributed by atoms with Gasteiger partial charge in [-0.3, -0.25) is 4.79 Å². The lowest BCUT2D eigenvalue weighted by atomic mass is 10.2. The summed E-state index contributed by atoms with van der Waals surface area (Å²) in [4.78, 5) is 11.6. The summed E-state index contributed by atoms with van der Waals surface area (Å²) in [6.45, 7) is -0.134. The van der Waals surface area contributed by atoms with Crippen LogP contribution in [0.2, 0.25) is 5.02 Å². The van der Waals surface area contributed by atoms with Crippen LogP contribution in [0, 0.1) is 0 Å². The van der Waals surface area contributed by atoms with Crippen LogP contribution in [0.15, 0.2) is 53.6 Å². The number of benzene rings is 2. The first-order valence-corrected chi connectivity index (χ1v) is 6.89. The van der Waals surface area contributed by atoms with Crippen molar-refractivity contribution >= 4 is 23.7 Å². The van der Waals surface area contributed by atoms with E-state index in [-0.39, 0.29) is 12.5 Å². The molecule has 1 N–H and O–H groups in total. The van der Waals surface area contributed by atoms with Crippen LogP contribution in [0.1, 0.15) is 5.56 Å². The zero-order chi connectivity index (χ0) is 15.8. The lowest BCUT2D eigenvalue weighted by molar-refractivity contribution is -0.123. The number of amides is 1. The van der Waals surface area contributed by atoms with E-state index in [0.717, 1.165) is 5.56 Å². The molecule has 0 spiro atoms. The standard InChI is InChI=1S/C16H15ClN2O3/c1-21-14-3-2-4-15(9-14)22-11-16(20)19-18-10-12-5-7-13(17)8-6-12/h2-10H,11H2,1H3,(H,19,20)/b18-10+. The number of carbonyl (C=O) groups is 1. The molecule has 0 fully saturated rings. The van der Waals surface area contributed by atoms with E-state index in [9.17, 15) is 4.79 Å². The average molecular weight is 319 g/mol. The molecule has 5 nitrogen and oxygen atoms in total. The van der Waals surface area contributed by atoms with Crippen molar-refractivity contribution in [3.63, 3.8) is 0 Å². The molecular formula is C16H15ClN2O3. The van der Waals surface area contributed by atoms with E-state index in [0.29, 0.717) is 16.5 Å². The van der Waals surface area contributed by atoms with Crippen molar-refractivity contribution in [2.75, 3.05) is 13.7 Å². The van der Waals surface area contributed by atoms with E-state index in [1.54, 1.807) is 55.6 Å². The Morgan fingerprint density at radius 2 is 1.95 bits per heavy atom. The van der Waals surface area contributed by atoms with E-state index in [1.807, 2.05) is 0 Å². The molecule has 0 bridgehead atoms. The molecule has 0 aromatic heterocycles. The van der Waals surface area contributed by atoms with Gasteiger partial charge in [-0.05, 0) is 29.8 Å². The Morgan fingerprint density at radius 1 is 1.23 bits per heavy atom. The first-order chi connectivity index (χ1) is 10.7. The van der Waals surface area contributed by atoms with Crippen LogP contribution in [0.5, 0.6) is 11.5 Å². The Hall–Kier alpha value is -2.53. The minimum Gasteiger partial charge on any atom is -0.497 e. The molecule has 2 aromatic rings. The lowest BCUT2D eigenvalue weighted by Crippen LogP contribution is -2.24. The third-order valence-electron chi connectivity index (χ3n) is 2.68. The fourth-order valence-corrected chi connectivity index (χ4v) is 1.73. The maximum absolute atomic E-state index is 11.6. The van der Waals surface area contributed by atoms with Gasteiger partial charge >= 0.3 is 0 Å². The van der Waals surface area contributed by atoms with Crippen molar-refractivity contribution < 1.29 is 14.3 Å². The van der Waals surface area contributed by atoms with E-state index >= 15 is 0 Å². The van der Waals surface area contributed by atoms with Gasteiger partial charge in [0.15, 0.2) is 6.61 Å². The smallest absolute Gasteiger partial charge is 0.277 e. The number of hydrazone groups is 1. The molecule has 0 radical (unpaired) electrons. The number of methoxy groups -OCH3 is 1. The molecule has 6 heteroatoms. The molecule has 0 aliphatic heterocycles. The number of ether oxygens (including phenoxy) is 2. The summed E-state index contributed by atoms with van der Waals surface area (Å²) in [5, 5.41) is 4.49. The van der Waals surface area contributed by atoms with Gasteiger partial charge in [0.25, 0.3) is 5.91 Å². The minimum atomic E-state index is -0.354. The second kappa shape index (κ2) is 8.05. The van der Waals surface area contributed by atoms with Crippen molar-refractivity contribution in [3.8, 4) is 11.5 Å². The maximum Gasteiger partial charge on any atom is 0.277 e. The third-order valence-corrected chi connectivity index (χ3v) is 2.94. The molecule has 2 rings (SSSR count). The van der Waals surface area contributed by atoms with Gasteiger partial charge in [0.2, 0.25) is 0 Å². The van der Waals surface area contributed by atoms with E-state index in [4.69, 9.17) is 21.1 Å². The van der Waals surface area contributed by atoms with Gasteiger partial charge < -0.3 is 9.47 Å². The molecule has 0 aliphatic carbocycles. The Labute approximate surface area is 133 Å². The highest BCUT2D eigenvalue weighted by Gasteiger charge is 2.02. The van der Waals surface area contributed by atoms with Gasteiger partial charge in [-0.1, -0.05) is 29.8 Å². The second-order valence-corrected chi connectivity index (χ2v) is 4.75. The number of halogens is 1. The molecular weight excluding hydrogens is 304 g/mol. The van der Waals surface area contributed by atoms with Crippen LogP contribution in [-0.2, 0) is 4.79 Å². The quantitative estimate of drug-likeness (QED) is 0.658. The summed E-state index contributed by atoms with van der Waals surface area (Å²) in [6, 6.07) is 14.1. The topological polar surface area (TPSA) is 59.9 Å². The Balaban J connectivity index is 1.79. The maximum atomic E-state index is 11.6. The van der Waals surface area contributed by atoms with Crippen LogP contribution in [0.25, 0.3) is 0 Å². The van der Waals surface area contributed by atoms with E-state index in [1.165, 1.54) is 6.21 Å². The first-order valence-electron chi connectivity index (χ1n) is 6.52. The summed E-state index contributed by atoms with van der Waals surface area (Å²) < 4.78 is 10.4. The SMILES string of the molecule is COc1cccc(OCC(=O)N/N=C/c2ccc(Cl)cc2)c1. The Kier molecular flexibility index (Phi) is 5.80. The van der Waals surface area contributed by atoms with Crippen LogP contribution >= 0.6 is 11.6 Å². The summed E-state index contributed by atoms with van der Waals surface area (Å²) >= 11 is 5.78. The van der Waals surface area contributed by atoms with Crippen molar-refractivity contribution in [3.05, 3.63) is 59.1 Å². The molecule has 114 valence electrons. The number of hydrogen-bond donors (Lipinski definition) is 1. The van der Waals surface area contributed by atoms with Gasteiger partial charge in [0, 0.05) is 11.1 Å². The fourth-order valence-electron chi connectivity index (χ4n) is 1.60. The normalized spacial score (nSPS) is 10.5. The van der Waals surface area contributed by atoms with Crippen molar-refractivity contribution in [1.29, 1.82) is 0 Å². The predicted octanol–water partition coefficient (Wildman–Crippen LogP) is 2.88. The summed E-state index contributed by atoms with van der Waals surface area (Å²) in [5.74, 6) is 0.864. The number of nitrogens with one attached hydrogen (secondary N) is 1. The van der Waals surface area contributed by atoms with Crippen LogP contribution in [0.4, 0.5) is 0 Å². The molecule has 0 saturated heterocycles. The van der Waals surface area contributed by atoms with Gasteiger partial charge in [-0.25, -0.2) is 5.43 Å². The molecule has 0 atom stereocenters. The van der Waals surface area contributed by atoms with Crippen molar-refractivity contribution in [2.24, 2.45) is 5.10 Å². The number of nitrogens with zero attached hydrogens (tertiary/aromatic N) is 1. The number of hydrogen-bond acceptors (Lipinski definition) is 4.